The molecule has 1 fully saturated rings. The minimum Gasteiger partial charge on any atom is -0.378 e. The van der Waals surface area contributed by atoms with Gasteiger partial charge in [-0.3, -0.25) is 4.79 Å². The largest absolute Gasteiger partial charge is 0.410 e. The summed E-state index contributed by atoms with van der Waals surface area (Å²) < 4.78 is 48.3. The Morgan fingerprint density at radius 3 is 2.52 bits per heavy atom. The summed E-state index contributed by atoms with van der Waals surface area (Å²) in [6.45, 7) is 1.42. The number of alkyl halides is 3. The fourth-order valence-corrected chi connectivity index (χ4v) is 4.08. The quantitative estimate of drug-likeness (QED) is 0.672. The average molecular weight is 494 g/mol. The molecule has 0 aliphatic carbocycles. The molecule has 0 bridgehead atoms. The van der Waals surface area contributed by atoms with Crippen LogP contribution in [0.4, 0.5) is 19.0 Å². The second kappa shape index (κ2) is 7.81. The van der Waals surface area contributed by atoms with Gasteiger partial charge in [0.25, 0.3) is 5.91 Å². The highest BCUT2D eigenvalue weighted by Crippen LogP contribution is 2.46. The second-order valence-electron chi connectivity index (χ2n) is 6.90. The molecule has 2 aliphatic heterocycles. The van der Waals surface area contributed by atoms with Crippen LogP contribution in [0.2, 0.25) is 5.02 Å². The highest BCUT2D eigenvalue weighted by atomic mass is 79.9. The van der Waals surface area contributed by atoms with Crippen LogP contribution in [-0.2, 0) is 4.74 Å². The number of carbonyl (C=O) groups is 1. The molecule has 1 aromatic carbocycles. The number of nitrogens with one attached hydrogen (secondary N) is 1. The molecular formula is C18H17BrClF3N4O2. The average Bonchev–Trinajstić information content (AvgIpc) is 3.04. The minimum atomic E-state index is -4.54. The summed E-state index contributed by atoms with van der Waals surface area (Å²) in [6, 6.07) is 4.50. The number of hydrogen-bond acceptors (Lipinski definition) is 4. The number of ether oxygens (including phenoxy) is 1. The molecule has 1 N–H and O–H groups in total. The van der Waals surface area contributed by atoms with Crippen LogP contribution in [0, 0.1) is 0 Å². The topological polar surface area (TPSA) is 59.4 Å². The molecule has 2 aromatic rings. The smallest absolute Gasteiger partial charge is 0.378 e. The van der Waals surface area contributed by atoms with Gasteiger partial charge in [0.15, 0.2) is 11.7 Å². The van der Waals surface area contributed by atoms with Gasteiger partial charge in [0.1, 0.15) is 10.8 Å². The molecule has 3 heterocycles. The van der Waals surface area contributed by atoms with E-state index in [2.05, 4.69) is 26.3 Å². The first-order chi connectivity index (χ1) is 13.8. The SMILES string of the molecule is O=C(c1nn2c(c1Cl)N[C@H](c1ccc(Br)cc1)C[C@@H]2C(F)(F)F)N1CCOCC1. The Hall–Kier alpha value is -1.78. The van der Waals surface area contributed by atoms with Gasteiger partial charge in [0.05, 0.1) is 19.3 Å². The fourth-order valence-electron chi connectivity index (χ4n) is 3.56. The molecule has 29 heavy (non-hydrogen) atoms. The Morgan fingerprint density at radius 1 is 1.24 bits per heavy atom. The second-order valence-corrected chi connectivity index (χ2v) is 8.20. The van der Waals surface area contributed by atoms with E-state index in [9.17, 15) is 18.0 Å². The predicted octanol–water partition coefficient (Wildman–Crippen LogP) is 4.43. The first-order valence-electron chi connectivity index (χ1n) is 8.99. The van der Waals surface area contributed by atoms with Crippen molar-refractivity contribution < 1.29 is 22.7 Å². The maximum atomic E-state index is 13.8. The lowest BCUT2D eigenvalue weighted by atomic mass is 9.97. The number of hydrogen-bond donors (Lipinski definition) is 1. The van der Waals surface area contributed by atoms with E-state index in [1.807, 2.05) is 0 Å². The molecule has 0 saturated carbocycles. The van der Waals surface area contributed by atoms with Crippen molar-refractivity contribution in [2.75, 3.05) is 31.6 Å². The van der Waals surface area contributed by atoms with E-state index in [0.29, 0.717) is 31.9 Å². The van der Waals surface area contributed by atoms with Gasteiger partial charge in [-0.05, 0) is 17.7 Å². The van der Waals surface area contributed by atoms with Crippen molar-refractivity contribution in [2.45, 2.75) is 24.7 Å². The number of fused-ring (bicyclic) bond motifs is 1. The van der Waals surface area contributed by atoms with Gasteiger partial charge in [-0.2, -0.15) is 18.3 Å². The molecule has 1 amide bonds. The van der Waals surface area contributed by atoms with Crippen molar-refractivity contribution in [3.63, 3.8) is 0 Å². The Morgan fingerprint density at radius 2 is 1.90 bits per heavy atom. The maximum absolute atomic E-state index is 13.8. The predicted molar refractivity (Wildman–Crippen MR) is 104 cm³/mol. The Balaban J connectivity index is 1.71. The van der Waals surface area contributed by atoms with Gasteiger partial charge in [-0.15, -0.1) is 0 Å². The molecule has 0 unspecified atom stereocenters. The highest BCUT2D eigenvalue weighted by molar-refractivity contribution is 9.10. The van der Waals surface area contributed by atoms with Crippen LogP contribution in [0.1, 0.15) is 34.6 Å². The molecule has 2 aliphatic rings. The monoisotopic (exact) mass is 492 g/mol. The van der Waals surface area contributed by atoms with Crippen LogP contribution >= 0.6 is 27.5 Å². The summed E-state index contributed by atoms with van der Waals surface area (Å²) in [4.78, 5) is 14.3. The number of amides is 1. The summed E-state index contributed by atoms with van der Waals surface area (Å²) >= 11 is 9.67. The first-order valence-corrected chi connectivity index (χ1v) is 10.2. The van der Waals surface area contributed by atoms with Crippen LogP contribution in [0.5, 0.6) is 0 Å². The van der Waals surface area contributed by atoms with Crippen LogP contribution < -0.4 is 5.32 Å². The molecule has 11 heteroatoms. The van der Waals surface area contributed by atoms with E-state index in [1.54, 1.807) is 24.3 Å². The standard InChI is InChI=1S/C18H17BrClF3N4O2/c19-11-3-1-10(2-4-11)12-9-13(18(21,22)23)27-16(24-12)14(20)15(25-27)17(28)26-5-7-29-8-6-26/h1-4,12-13,24H,5-9H2/t12-,13+/m0/s1. The van der Waals surface area contributed by atoms with Crippen molar-refractivity contribution in [3.8, 4) is 0 Å². The van der Waals surface area contributed by atoms with Crippen LogP contribution in [0.3, 0.4) is 0 Å². The molecule has 0 radical (unpaired) electrons. The highest BCUT2D eigenvalue weighted by Gasteiger charge is 2.48. The van der Waals surface area contributed by atoms with E-state index in [1.165, 1.54) is 4.90 Å². The van der Waals surface area contributed by atoms with Crippen molar-refractivity contribution in [2.24, 2.45) is 0 Å². The van der Waals surface area contributed by atoms with E-state index in [4.69, 9.17) is 16.3 Å². The summed E-state index contributed by atoms with van der Waals surface area (Å²) in [5.74, 6) is -0.493. The zero-order valence-electron chi connectivity index (χ0n) is 15.0. The molecule has 6 nitrogen and oxygen atoms in total. The lowest BCUT2D eigenvalue weighted by Gasteiger charge is -2.33. The lowest BCUT2D eigenvalue weighted by Crippen LogP contribution is -2.41. The number of aromatic nitrogens is 2. The molecule has 2 atom stereocenters. The van der Waals surface area contributed by atoms with Crippen molar-refractivity contribution in [1.29, 1.82) is 0 Å². The van der Waals surface area contributed by atoms with E-state index in [-0.39, 0.29) is 23.0 Å². The molecule has 1 saturated heterocycles. The van der Waals surface area contributed by atoms with Crippen molar-refractivity contribution in [3.05, 3.63) is 45.0 Å². The molecule has 1 aromatic heterocycles. The van der Waals surface area contributed by atoms with Crippen LogP contribution in [-0.4, -0.2) is 53.1 Å². The maximum Gasteiger partial charge on any atom is 0.410 e. The fraction of sp³-hybridized carbons (Fsp3) is 0.444. The number of halogens is 5. The van der Waals surface area contributed by atoms with Gasteiger partial charge in [0.2, 0.25) is 0 Å². The van der Waals surface area contributed by atoms with E-state index < -0.39 is 24.2 Å². The number of morpholine rings is 1. The molecule has 4 rings (SSSR count). The number of rotatable bonds is 2. The normalized spacial score (nSPS) is 22.2. The third kappa shape index (κ3) is 3.97. The Bertz CT molecular complexity index is 913. The summed E-state index contributed by atoms with van der Waals surface area (Å²) in [7, 11) is 0. The summed E-state index contributed by atoms with van der Waals surface area (Å²) in [6.07, 6.45) is -4.81. The van der Waals surface area contributed by atoms with Gasteiger partial charge in [0, 0.05) is 24.0 Å². The Kier molecular flexibility index (Phi) is 5.52. The zero-order valence-corrected chi connectivity index (χ0v) is 17.4. The number of benzene rings is 1. The van der Waals surface area contributed by atoms with E-state index >= 15 is 0 Å². The first kappa shape index (κ1) is 20.5. The zero-order chi connectivity index (χ0) is 20.8. The van der Waals surface area contributed by atoms with Crippen molar-refractivity contribution >= 4 is 39.3 Å². The van der Waals surface area contributed by atoms with Gasteiger partial charge in [-0.25, -0.2) is 4.68 Å². The third-order valence-corrected chi connectivity index (χ3v) is 5.96. The van der Waals surface area contributed by atoms with Crippen LogP contribution in [0.15, 0.2) is 28.7 Å². The van der Waals surface area contributed by atoms with E-state index in [0.717, 1.165) is 9.15 Å². The summed E-state index contributed by atoms with van der Waals surface area (Å²) in [5, 5.41) is 6.92. The number of nitrogens with zero attached hydrogens (tertiary/aromatic N) is 3. The molecule has 156 valence electrons. The van der Waals surface area contributed by atoms with Crippen LogP contribution in [0.25, 0.3) is 0 Å². The van der Waals surface area contributed by atoms with Gasteiger partial charge < -0.3 is 15.0 Å². The molecule has 0 spiro atoms. The van der Waals surface area contributed by atoms with Gasteiger partial charge in [-0.1, -0.05) is 39.7 Å². The van der Waals surface area contributed by atoms with Gasteiger partial charge >= 0.3 is 6.18 Å². The lowest BCUT2D eigenvalue weighted by molar-refractivity contribution is -0.173. The number of carbonyl (C=O) groups excluding carboxylic acids is 1. The summed E-state index contributed by atoms with van der Waals surface area (Å²) in [5.41, 5.74) is 0.508. The Labute approximate surface area is 178 Å². The van der Waals surface area contributed by atoms with Crippen molar-refractivity contribution in [1.82, 2.24) is 14.7 Å². The third-order valence-electron chi connectivity index (χ3n) is 5.07. The minimum absolute atomic E-state index is 0.00442. The number of anilines is 1. The molecular weight excluding hydrogens is 477 g/mol.